The molecule has 1 unspecified atom stereocenters. The van der Waals surface area contributed by atoms with Crippen LogP contribution < -0.4 is 5.73 Å². The van der Waals surface area contributed by atoms with Gasteiger partial charge < -0.3 is 10.6 Å². The fraction of sp³-hybridized carbons (Fsp3) is 1.00. The Labute approximate surface area is 120 Å². The summed E-state index contributed by atoms with van der Waals surface area (Å²) in [5.74, 6) is 1.62. The SMILES string of the molecule is CC(C)CCC(C)(CN)N(C)CC1CCN(C)CC1. The molecule has 1 saturated heterocycles. The van der Waals surface area contributed by atoms with Gasteiger partial charge in [0.1, 0.15) is 0 Å². The average molecular weight is 269 g/mol. The van der Waals surface area contributed by atoms with Gasteiger partial charge in [0.25, 0.3) is 0 Å². The number of rotatable bonds is 7. The van der Waals surface area contributed by atoms with Crippen LogP contribution in [0.15, 0.2) is 0 Å². The lowest BCUT2D eigenvalue weighted by molar-refractivity contribution is 0.0870. The number of nitrogens with two attached hydrogens (primary N) is 1. The van der Waals surface area contributed by atoms with E-state index in [4.69, 9.17) is 5.73 Å². The van der Waals surface area contributed by atoms with Crippen molar-refractivity contribution < 1.29 is 0 Å². The van der Waals surface area contributed by atoms with Gasteiger partial charge in [0.05, 0.1) is 0 Å². The van der Waals surface area contributed by atoms with Crippen molar-refractivity contribution in [3.8, 4) is 0 Å². The molecule has 1 atom stereocenters. The predicted octanol–water partition coefficient (Wildman–Crippen LogP) is 2.41. The Kier molecular flexibility index (Phi) is 6.78. The number of nitrogens with zero attached hydrogens (tertiary/aromatic N) is 2. The van der Waals surface area contributed by atoms with Gasteiger partial charge in [-0.05, 0) is 71.6 Å². The Balaban J connectivity index is 2.45. The van der Waals surface area contributed by atoms with Crippen molar-refractivity contribution in [1.82, 2.24) is 9.80 Å². The van der Waals surface area contributed by atoms with Crippen molar-refractivity contribution in [2.24, 2.45) is 17.6 Å². The van der Waals surface area contributed by atoms with Crippen LogP contribution in [0.1, 0.15) is 46.5 Å². The van der Waals surface area contributed by atoms with E-state index in [-0.39, 0.29) is 5.54 Å². The van der Waals surface area contributed by atoms with Gasteiger partial charge in [0, 0.05) is 18.6 Å². The third-order valence-electron chi connectivity index (χ3n) is 4.99. The molecular weight excluding hydrogens is 234 g/mol. The fourth-order valence-corrected chi connectivity index (χ4v) is 2.90. The molecule has 2 N–H and O–H groups in total. The van der Waals surface area contributed by atoms with Crippen LogP contribution in [-0.4, -0.2) is 55.6 Å². The number of hydrogen-bond acceptors (Lipinski definition) is 3. The third-order valence-corrected chi connectivity index (χ3v) is 4.99. The summed E-state index contributed by atoms with van der Waals surface area (Å²) < 4.78 is 0. The molecule has 3 nitrogen and oxygen atoms in total. The molecule has 19 heavy (non-hydrogen) atoms. The molecule has 0 bridgehead atoms. The number of hydrogen-bond donors (Lipinski definition) is 1. The van der Waals surface area contributed by atoms with Gasteiger partial charge in [-0.1, -0.05) is 13.8 Å². The summed E-state index contributed by atoms with van der Waals surface area (Å²) in [5.41, 5.74) is 6.25. The van der Waals surface area contributed by atoms with E-state index >= 15 is 0 Å². The molecule has 0 spiro atoms. The van der Waals surface area contributed by atoms with E-state index in [1.807, 2.05) is 0 Å². The number of piperidine rings is 1. The molecule has 3 heteroatoms. The second-order valence-corrected chi connectivity index (χ2v) is 7.26. The maximum Gasteiger partial charge on any atom is 0.0300 e. The molecule has 0 aliphatic carbocycles. The van der Waals surface area contributed by atoms with E-state index in [0.717, 1.165) is 18.4 Å². The maximum absolute atomic E-state index is 6.07. The molecule has 0 aromatic heterocycles. The molecule has 114 valence electrons. The van der Waals surface area contributed by atoms with Gasteiger partial charge in [0.15, 0.2) is 0 Å². The summed E-state index contributed by atoms with van der Waals surface area (Å²) in [6.45, 7) is 11.4. The fourth-order valence-electron chi connectivity index (χ4n) is 2.90. The Bertz CT molecular complexity index is 246. The minimum absolute atomic E-state index is 0.174. The molecule has 1 aliphatic heterocycles. The van der Waals surface area contributed by atoms with Crippen molar-refractivity contribution in [3.05, 3.63) is 0 Å². The molecule has 1 heterocycles. The molecule has 0 aromatic rings. The minimum atomic E-state index is 0.174. The zero-order valence-electron chi connectivity index (χ0n) is 13.8. The first-order chi connectivity index (χ1) is 8.87. The number of likely N-dealkylation sites (N-methyl/N-ethyl adjacent to an activating group) is 1. The Hall–Kier alpha value is -0.120. The molecule has 1 rings (SSSR count). The van der Waals surface area contributed by atoms with E-state index < -0.39 is 0 Å². The molecule has 0 aromatic carbocycles. The van der Waals surface area contributed by atoms with Crippen LogP contribution in [0.4, 0.5) is 0 Å². The lowest BCUT2D eigenvalue weighted by Crippen LogP contribution is -2.52. The summed E-state index contributed by atoms with van der Waals surface area (Å²) in [4.78, 5) is 4.97. The van der Waals surface area contributed by atoms with Gasteiger partial charge in [-0.2, -0.15) is 0 Å². The summed E-state index contributed by atoms with van der Waals surface area (Å²) in [5, 5.41) is 0. The van der Waals surface area contributed by atoms with Gasteiger partial charge in [-0.15, -0.1) is 0 Å². The first kappa shape index (κ1) is 16.9. The smallest absolute Gasteiger partial charge is 0.0300 e. The lowest BCUT2D eigenvalue weighted by atomic mass is 9.88. The van der Waals surface area contributed by atoms with E-state index in [1.54, 1.807) is 0 Å². The van der Waals surface area contributed by atoms with Crippen LogP contribution in [0.25, 0.3) is 0 Å². The van der Waals surface area contributed by atoms with E-state index in [2.05, 4.69) is 44.7 Å². The van der Waals surface area contributed by atoms with Gasteiger partial charge >= 0.3 is 0 Å². The van der Waals surface area contributed by atoms with E-state index in [9.17, 15) is 0 Å². The second kappa shape index (κ2) is 7.61. The highest BCUT2D eigenvalue weighted by atomic mass is 15.2. The first-order valence-electron chi connectivity index (χ1n) is 7.97. The highest BCUT2D eigenvalue weighted by Gasteiger charge is 2.30. The molecule has 0 radical (unpaired) electrons. The second-order valence-electron chi connectivity index (χ2n) is 7.26. The predicted molar refractivity (Wildman–Crippen MR) is 84.4 cm³/mol. The van der Waals surface area contributed by atoms with Crippen molar-refractivity contribution in [3.63, 3.8) is 0 Å². The van der Waals surface area contributed by atoms with Crippen molar-refractivity contribution in [2.75, 3.05) is 40.3 Å². The summed E-state index contributed by atoms with van der Waals surface area (Å²) in [7, 11) is 4.50. The van der Waals surface area contributed by atoms with Crippen LogP contribution in [0.2, 0.25) is 0 Å². The topological polar surface area (TPSA) is 32.5 Å². The largest absolute Gasteiger partial charge is 0.329 e. The van der Waals surface area contributed by atoms with Crippen LogP contribution in [-0.2, 0) is 0 Å². The van der Waals surface area contributed by atoms with E-state index in [1.165, 1.54) is 45.3 Å². The molecule has 1 fully saturated rings. The van der Waals surface area contributed by atoms with Gasteiger partial charge in [-0.3, -0.25) is 4.90 Å². The van der Waals surface area contributed by atoms with Gasteiger partial charge in [-0.25, -0.2) is 0 Å². The third kappa shape index (κ3) is 5.41. The molecule has 0 amide bonds. The monoisotopic (exact) mass is 269 g/mol. The first-order valence-corrected chi connectivity index (χ1v) is 7.97. The normalized spacial score (nSPS) is 22.1. The van der Waals surface area contributed by atoms with Crippen molar-refractivity contribution in [2.45, 2.75) is 52.0 Å². The van der Waals surface area contributed by atoms with Crippen molar-refractivity contribution in [1.29, 1.82) is 0 Å². The summed E-state index contributed by atoms with van der Waals surface area (Å²) >= 11 is 0. The summed E-state index contributed by atoms with van der Waals surface area (Å²) in [6, 6.07) is 0. The quantitative estimate of drug-likeness (QED) is 0.770. The Morgan fingerprint density at radius 3 is 2.37 bits per heavy atom. The maximum atomic E-state index is 6.07. The molecule has 0 saturated carbocycles. The Morgan fingerprint density at radius 2 is 1.89 bits per heavy atom. The zero-order valence-corrected chi connectivity index (χ0v) is 13.8. The summed E-state index contributed by atoms with van der Waals surface area (Å²) in [6.07, 6.45) is 5.16. The van der Waals surface area contributed by atoms with Gasteiger partial charge in [0.2, 0.25) is 0 Å². The standard InChI is InChI=1S/C16H35N3/c1-14(2)6-9-16(3,13-17)19(5)12-15-7-10-18(4)11-8-15/h14-15H,6-13,17H2,1-5H3. The lowest BCUT2D eigenvalue weighted by Gasteiger charge is -2.42. The highest BCUT2D eigenvalue weighted by Crippen LogP contribution is 2.25. The zero-order chi connectivity index (χ0) is 14.5. The average Bonchev–Trinajstić information content (AvgIpc) is 2.38. The van der Waals surface area contributed by atoms with Crippen LogP contribution in [0.3, 0.4) is 0 Å². The molecular formula is C16H35N3. The minimum Gasteiger partial charge on any atom is -0.329 e. The molecule has 1 aliphatic rings. The van der Waals surface area contributed by atoms with Crippen molar-refractivity contribution >= 4 is 0 Å². The highest BCUT2D eigenvalue weighted by molar-refractivity contribution is 4.87. The van der Waals surface area contributed by atoms with Crippen LogP contribution in [0.5, 0.6) is 0 Å². The van der Waals surface area contributed by atoms with E-state index in [0.29, 0.717) is 0 Å². The Morgan fingerprint density at radius 1 is 1.32 bits per heavy atom. The van der Waals surface area contributed by atoms with Crippen LogP contribution >= 0.6 is 0 Å². The number of likely N-dealkylation sites (tertiary alicyclic amines) is 1. The van der Waals surface area contributed by atoms with Crippen LogP contribution in [0, 0.1) is 11.8 Å².